The number of benzene rings is 2. The fourth-order valence-electron chi connectivity index (χ4n) is 2.35. The fraction of sp³-hybridized carbons (Fsp3) is 0.294. The van der Waals surface area contributed by atoms with E-state index in [2.05, 4.69) is 0 Å². The van der Waals surface area contributed by atoms with Crippen LogP contribution in [0.5, 0.6) is 0 Å². The zero-order valence-electron chi connectivity index (χ0n) is 12.0. The van der Waals surface area contributed by atoms with E-state index in [9.17, 15) is 9.50 Å². The quantitative estimate of drug-likeness (QED) is 0.822. The van der Waals surface area contributed by atoms with Crippen molar-refractivity contribution >= 4 is 0 Å². The molecule has 0 aliphatic carbocycles. The summed E-state index contributed by atoms with van der Waals surface area (Å²) in [4.78, 5) is 2.02. The monoisotopic (exact) mass is 288 g/mol. The zero-order chi connectivity index (χ0) is 15.1. The van der Waals surface area contributed by atoms with Gasteiger partial charge in [0.15, 0.2) is 0 Å². The molecular formula is C17H21FN2O. The van der Waals surface area contributed by atoms with E-state index in [1.165, 1.54) is 0 Å². The number of rotatable bonds is 7. The van der Waals surface area contributed by atoms with Gasteiger partial charge in [-0.05, 0) is 5.56 Å². The van der Waals surface area contributed by atoms with E-state index in [0.717, 1.165) is 5.56 Å². The Morgan fingerprint density at radius 1 is 0.952 bits per heavy atom. The topological polar surface area (TPSA) is 49.5 Å². The Kier molecular flexibility index (Phi) is 5.87. The summed E-state index contributed by atoms with van der Waals surface area (Å²) in [6.07, 6.45) is 0. The largest absolute Gasteiger partial charge is 0.395 e. The van der Waals surface area contributed by atoms with Crippen molar-refractivity contribution in [2.24, 2.45) is 5.73 Å². The van der Waals surface area contributed by atoms with Crippen LogP contribution in [0.4, 0.5) is 4.39 Å². The normalized spacial score (nSPS) is 11.0. The van der Waals surface area contributed by atoms with Crippen molar-refractivity contribution in [1.82, 2.24) is 4.90 Å². The van der Waals surface area contributed by atoms with Crippen molar-refractivity contribution in [2.75, 3.05) is 13.2 Å². The minimum Gasteiger partial charge on any atom is -0.395 e. The number of aliphatic hydroxyl groups excluding tert-OH is 1. The highest BCUT2D eigenvalue weighted by molar-refractivity contribution is 5.26. The minimum atomic E-state index is -0.240. The third kappa shape index (κ3) is 4.36. The number of hydrogen-bond donors (Lipinski definition) is 2. The van der Waals surface area contributed by atoms with Crippen molar-refractivity contribution in [3.63, 3.8) is 0 Å². The Hall–Kier alpha value is -1.75. The lowest BCUT2D eigenvalue weighted by Gasteiger charge is -2.22. The average Bonchev–Trinajstić information content (AvgIpc) is 2.50. The highest BCUT2D eigenvalue weighted by atomic mass is 19.1. The second-order valence-electron chi connectivity index (χ2n) is 5.01. The van der Waals surface area contributed by atoms with Gasteiger partial charge in [-0.1, -0.05) is 48.5 Å². The van der Waals surface area contributed by atoms with Crippen LogP contribution in [0.1, 0.15) is 16.7 Å². The molecule has 0 aliphatic heterocycles. The first kappa shape index (κ1) is 15.6. The number of hydrogen-bond acceptors (Lipinski definition) is 3. The van der Waals surface area contributed by atoms with E-state index in [-0.39, 0.29) is 19.0 Å². The second-order valence-corrected chi connectivity index (χ2v) is 5.01. The lowest BCUT2D eigenvalue weighted by molar-refractivity contribution is 0.182. The predicted octanol–water partition coefficient (Wildman–Crippen LogP) is 2.28. The molecule has 0 aliphatic rings. The summed E-state index contributed by atoms with van der Waals surface area (Å²) in [6, 6.07) is 15.2. The molecule has 0 amide bonds. The van der Waals surface area contributed by atoms with Gasteiger partial charge in [0.25, 0.3) is 0 Å². The predicted molar refractivity (Wildman–Crippen MR) is 81.9 cm³/mol. The number of halogens is 1. The van der Waals surface area contributed by atoms with Crippen LogP contribution < -0.4 is 5.73 Å². The SMILES string of the molecule is NCc1cccc(CN(CCO)Cc2ccccc2)c1F. The first-order valence-electron chi connectivity index (χ1n) is 7.08. The third-order valence-electron chi connectivity index (χ3n) is 3.44. The van der Waals surface area contributed by atoms with E-state index in [0.29, 0.717) is 30.8 Å². The second kappa shape index (κ2) is 7.88. The van der Waals surface area contributed by atoms with Gasteiger partial charge in [0, 0.05) is 37.3 Å². The lowest BCUT2D eigenvalue weighted by atomic mass is 10.1. The van der Waals surface area contributed by atoms with Gasteiger partial charge < -0.3 is 10.8 Å². The van der Waals surface area contributed by atoms with Crippen molar-refractivity contribution in [1.29, 1.82) is 0 Å². The van der Waals surface area contributed by atoms with E-state index in [4.69, 9.17) is 5.73 Å². The molecule has 0 bridgehead atoms. The third-order valence-corrected chi connectivity index (χ3v) is 3.44. The Morgan fingerprint density at radius 2 is 1.67 bits per heavy atom. The molecule has 3 nitrogen and oxygen atoms in total. The molecule has 0 aromatic heterocycles. The molecule has 0 spiro atoms. The molecule has 0 fully saturated rings. The Labute approximate surface area is 124 Å². The van der Waals surface area contributed by atoms with Gasteiger partial charge in [-0.25, -0.2) is 4.39 Å². The summed E-state index contributed by atoms with van der Waals surface area (Å²) in [7, 11) is 0. The Morgan fingerprint density at radius 3 is 2.33 bits per heavy atom. The molecular weight excluding hydrogens is 267 g/mol. The van der Waals surface area contributed by atoms with Gasteiger partial charge in [0.05, 0.1) is 6.61 Å². The molecule has 0 unspecified atom stereocenters. The molecule has 112 valence electrons. The van der Waals surface area contributed by atoms with Crippen LogP contribution in [0.25, 0.3) is 0 Å². The van der Waals surface area contributed by atoms with Crippen LogP contribution in [0.15, 0.2) is 48.5 Å². The zero-order valence-corrected chi connectivity index (χ0v) is 12.0. The maximum Gasteiger partial charge on any atom is 0.132 e. The van der Waals surface area contributed by atoms with E-state index in [1.54, 1.807) is 12.1 Å². The molecule has 2 rings (SSSR count). The molecule has 0 radical (unpaired) electrons. The van der Waals surface area contributed by atoms with Gasteiger partial charge in [-0.15, -0.1) is 0 Å². The lowest BCUT2D eigenvalue weighted by Crippen LogP contribution is -2.26. The van der Waals surface area contributed by atoms with Gasteiger partial charge in [-0.2, -0.15) is 0 Å². The molecule has 2 aromatic carbocycles. The van der Waals surface area contributed by atoms with E-state index < -0.39 is 0 Å². The summed E-state index contributed by atoms with van der Waals surface area (Å²) < 4.78 is 14.2. The average molecular weight is 288 g/mol. The molecule has 21 heavy (non-hydrogen) atoms. The molecule has 0 atom stereocenters. The summed E-state index contributed by atoms with van der Waals surface area (Å²) in [5, 5.41) is 9.21. The van der Waals surface area contributed by atoms with Crippen LogP contribution in [0, 0.1) is 5.82 Å². The molecule has 4 heteroatoms. The van der Waals surface area contributed by atoms with Crippen molar-refractivity contribution in [3.8, 4) is 0 Å². The minimum absolute atomic E-state index is 0.0467. The van der Waals surface area contributed by atoms with Crippen LogP contribution in [-0.2, 0) is 19.6 Å². The Bertz CT molecular complexity index is 560. The highest BCUT2D eigenvalue weighted by Crippen LogP contribution is 2.16. The van der Waals surface area contributed by atoms with Crippen molar-refractivity contribution in [2.45, 2.75) is 19.6 Å². The molecule has 2 aromatic rings. The summed E-state index contributed by atoms with van der Waals surface area (Å²) in [5.41, 5.74) is 7.82. The van der Waals surface area contributed by atoms with Crippen molar-refractivity contribution < 1.29 is 9.50 Å². The summed E-state index contributed by atoms with van der Waals surface area (Å²) >= 11 is 0. The highest BCUT2D eigenvalue weighted by Gasteiger charge is 2.12. The standard InChI is InChI=1S/C17H21FN2O/c18-17-15(11-19)7-4-8-16(17)13-20(9-10-21)12-14-5-2-1-3-6-14/h1-8,21H,9-13,19H2. The summed E-state index contributed by atoms with van der Waals surface area (Å²) in [6.45, 7) is 1.87. The maximum absolute atomic E-state index is 14.2. The molecule has 0 heterocycles. The van der Waals surface area contributed by atoms with Crippen LogP contribution >= 0.6 is 0 Å². The van der Waals surface area contributed by atoms with Gasteiger partial charge in [0.1, 0.15) is 5.82 Å². The molecule has 3 N–H and O–H groups in total. The smallest absolute Gasteiger partial charge is 0.132 e. The molecule has 0 saturated carbocycles. The van der Waals surface area contributed by atoms with Gasteiger partial charge in [-0.3, -0.25) is 4.90 Å². The van der Waals surface area contributed by atoms with Gasteiger partial charge in [0.2, 0.25) is 0 Å². The number of aliphatic hydroxyl groups is 1. The molecule has 0 saturated heterocycles. The summed E-state index contributed by atoms with van der Waals surface area (Å²) in [5.74, 6) is -0.240. The van der Waals surface area contributed by atoms with E-state index >= 15 is 0 Å². The van der Waals surface area contributed by atoms with E-state index in [1.807, 2.05) is 41.3 Å². The number of nitrogens with two attached hydrogens (primary N) is 1. The van der Waals surface area contributed by atoms with Gasteiger partial charge >= 0.3 is 0 Å². The fourth-order valence-corrected chi connectivity index (χ4v) is 2.35. The van der Waals surface area contributed by atoms with Crippen molar-refractivity contribution in [3.05, 3.63) is 71.0 Å². The number of nitrogens with zero attached hydrogens (tertiary/aromatic N) is 1. The van der Waals surface area contributed by atoms with Crippen LogP contribution in [-0.4, -0.2) is 23.2 Å². The maximum atomic E-state index is 14.2. The van der Waals surface area contributed by atoms with Crippen LogP contribution in [0.2, 0.25) is 0 Å². The first-order valence-corrected chi connectivity index (χ1v) is 7.08. The first-order chi connectivity index (χ1) is 10.2. The Balaban J connectivity index is 2.13. The van der Waals surface area contributed by atoms with Crippen LogP contribution in [0.3, 0.4) is 0 Å².